The summed E-state index contributed by atoms with van der Waals surface area (Å²) in [4.78, 5) is 25.2. The fourth-order valence-electron chi connectivity index (χ4n) is 3.52. The average Bonchev–Trinajstić information content (AvgIpc) is 2.88. The standard InChI is InChI=1S/C26H21Cl2NO7/c1-32-23-8-14(9-24(33-2)26(23)34-3)22-12-20(30)17-11-16(5-7-21(17)36-22)35-13-25(31)29-19-10-15(27)4-6-18(19)28/h4-12H,13H2,1-3H3,(H,29,31). The molecule has 0 radical (unpaired) electrons. The number of halogens is 2. The number of methoxy groups -OCH3 is 3. The molecule has 186 valence electrons. The lowest BCUT2D eigenvalue weighted by molar-refractivity contribution is -0.118. The van der Waals surface area contributed by atoms with Crippen molar-refractivity contribution in [2.24, 2.45) is 0 Å². The van der Waals surface area contributed by atoms with Gasteiger partial charge in [-0.3, -0.25) is 9.59 Å². The molecule has 1 heterocycles. The maximum Gasteiger partial charge on any atom is 0.262 e. The van der Waals surface area contributed by atoms with Crippen molar-refractivity contribution in [3.8, 4) is 34.3 Å². The Balaban J connectivity index is 1.56. The summed E-state index contributed by atoms with van der Waals surface area (Å²) in [6.45, 7) is -0.302. The molecule has 0 unspecified atom stereocenters. The van der Waals surface area contributed by atoms with Crippen molar-refractivity contribution in [1.82, 2.24) is 0 Å². The van der Waals surface area contributed by atoms with Crippen LogP contribution in [0.5, 0.6) is 23.0 Å². The van der Waals surface area contributed by atoms with Gasteiger partial charge in [-0.05, 0) is 48.5 Å². The van der Waals surface area contributed by atoms with Gasteiger partial charge in [0.05, 0.1) is 37.4 Å². The maximum atomic E-state index is 12.9. The van der Waals surface area contributed by atoms with Crippen molar-refractivity contribution in [3.05, 3.63) is 74.9 Å². The first-order chi connectivity index (χ1) is 17.3. The topological polar surface area (TPSA) is 96.2 Å². The van der Waals surface area contributed by atoms with Gasteiger partial charge in [0.15, 0.2) is 23.5 Å². The van der Waals surface area contributed by atoms with Gasteiger partial charge in [0.2, 0.25) is 5.75 Å². The molecule has 0 aliphatic rings. The largest absolute Gasteiger partial charge is 0.493 e. The number of anilines is 1. The molecule has 0 saturated carbocycles. The van der Waals surface area contributed by atoms with E-state index in [0.29, 0.717) is 61.0 Å². The number of benzene rings is 3. The minimum atomic E-state index is -0.441. The van der Waals surface area contributed by atoms with E-state index in [2.05, 4.69) is 5.32 Å². The van der Waals surface area contributed by atoms with Crippen molar-refractivity contribution in [3.63, 3.8) is 0 Å². The fourth-order valence-corrected chi connectivity index (χ4v) is 3.86. The van der Waals surface area contributed by atoms with Gasteiger partial charge in [0.1, 0.15) is 17.1 Å². The number of hydrogen-bond acceptors (Lipinski definition) is 7. The molecular weight excluding hydrogens is 509 g/mol. The van der Waals surface area contributed by atoms with E-state index in [-0.39, 0.29) is 12.0 Å². The van der Waals surface area contributed by atoms with Crippen LogP contribution >= 0.6 is 23.2 Å². The Morgan fingerprint density at radius 1 is 0.917 bits per heavy atom. The second kappa shape index (κ2) is 10.8. The smallest absolute Gasteiger partial charge is 0.262 e. The molecule has 4 aromatic rings. The summed E-state index contributed by atoms with van der Waals surface area (Å²) in [5.74, 6) is 1.48. The Labute approximate surface area is 216 Å². The van der Waals surface area contributed by atoms with Gasteiger partial charge in [0, 0.05) is 16.7 Å². The minimum absolute atomic E-state index is 0.291. The molecule has 0 aliphatic carbocycles. The molecule has 0 fully saturated rings. The second-order valence-electron chi connectivity index (χ2n) is 7.51. The van der Waals surface area contributed by atoms with E-state index in [4.69, 9.17) is 46.6 Å². The average molecular weight is 530 g/mol. The molecule has 0 atom stereocenters. The molecule has 36 heavy (non-hydrogen) atoms. The third-order valence-electron chi connectivity index (χ3n) is 5.22. The monoisotopic (exact) mass is 529 g/mol. The van der Waals surface area contributed by atoms with E-state index >= 15 is 0 Å². The number of amides is 1. The van der Waals surface area contributed by atoms with Crippen molar-refractivity contribution >= 4 is 45.8 Å². The first-order valence-corrected chi connectivity index (χ1v) is 11.3. The van der Waals surface area contributed by atoms with Gasteiger partial charge in [-0.15, -0.1) is 0 Å². The summed E-state index contributed by atoms with van der Waals surface area (Å²) in [6.07, 6.45) is 0. The molecule has 10 heteroatoms. The predicted molar refractivity (Wildman–Crippen MR) is 138 cm³/mol. The molecule has 0 aliphatic heterocycles. The van der Waals surface area contributed by atoms with Crippen LogP contribution in [0.3, 0.4) is 0 Å². The summed E-state index contributed by atoms with van der Waals surface area (Å²) in [5.41, 5.74) is 0.991. The van der Waals surface area contributed by atoms with E-state index in [9.17, 15) is 9.59 Å². The highest BCUT2D eigenvalue weighted by Gasteiger charge is 2.17. The van der Waals surface area contributed by atoms with E-state index in [1.54, 1.807) is 36.4 Å². The highest BCUT2D eigenvalue weighted by Crippen LogP contribution is 2.41. The third kappa shape index (κ3) is 5.35. The molecule has 4 rings (SSSR count). The number of carbonyl (C=O) groups excluding carboxylic acids is 1. The summed E-state index contributed by atoms with van der Waals surface area (Å²) in [5, 5.41) is 3.71. The molecular formula is C26H21Cl2NO7. The molecule has 0 saturated heterocycles. The molecule has 3 aromatic carbocycles. The zero-order valence-electron chi connectivity index (χ0n) is 19.5. The van der Waals surface area contributed by atoms with Crippen molar-refractivity contribution in [1.29, 1.82) is 0 Å². The van der Waals surface area contributed by atoms with Gasteiger partial charge < -0.3 is 28.7 Å². The summed E-state index contributed by atoms with van der Waals surface area (Å²) < 4.78 is 27.6. The van der Waals surface area contributed by atoms with E-state index < -0.39 is 5.91 Å². The number of hydrogen-bond donors (Lipinski definition) is 1. The second-order valence-corrected chi connectivity index (χ2v) is 8.35. The lowest BCUT2D eigenvalue weighted by Gasteiger charge is -2.14. The lowest BCUT2D eigenvalue weighted by atomic mass is 10.1. The zero-order valence-corrected chi connectivity index (χ0v) is 21.0. The number of nitrogens with one attached hydrogen (secondary N) is 1. The Morgan fingerprint density at radius 2 is 1.64 bits per heavy atom. The number of rotatable bonds is 8. The number of carbonyl (C=O) groups is 1. The third-order valence-corrected chi connectivity index (χ3v) is 5.78. The summed E-state index contributed by atoms with van der Waals surface area (Å²) in [6, 6.07) is 14.2. The molecule has 0 bridgehead atoms. The quantitative estimate of drug-likeness (QED) is 0.307. The SMILES string of the molecule is COc1cc(-c2cc(=O)c3cc(OCC(=O)Nc4cc(Cl)ccc4Cl)ccc3o2)cc(OC)c1OC. The summed E-state index contributed by atoms with van der Waals surface area (Å²) in [7, 11) is 4.51. The highest BCUT2D eigenvalue weighted by molar-refractivity contribution is 6.35. The Hall–Kier alpha value is -3.88. The highest BCUT2D eigenvalue weighted by atomic mass is 35.5. The Kier molecular flexibility index (Phi) is 7.57. The molecule has 1 N–H and O–H groups in total. The van der Waals surface area contributed by atoms with Gasteiger partial charge in [0.25, 0.3) is 5.91 Å². The molecule has 1 aromatic heterocycles. The van der Waals surface area contributed by atoms with Crippen LogP contribution in [0.1, 0.15) is 0 Å². The number of ether oxygens (including phenoxy) is 4. The predicted octanol–water partition coefficient (Wildman–Crippen LogP) is 5.81. The normalized spacial score (nSPS) is 10.7. The van der Waals surface area contributed by atoms with Gasteiger partial charge in [-0.25, -0.2) is 0 Å². The van der Waals surface area contributed by atoms with Crippen molar-refractivity contribution in [2.45, 2.75) is 0 Å². The van der Waals surface area contributed by atoms with Crippen LogP contribution in [0.25, 0.3) is 22.3 Å². The molecule has 1 amide bonds. The van der Waals surface area contributed by atoms with E-state index in [1.165, 1.54) is 39.5 Å². The molecule has 0 spiro atoms. The van der Waals surface area contributed by atoms with Gasteiger partial charge in [-0.1, -0.05) is 23.2 Å². The van der Waals surface area contributed by atoms with E-state index in [1.807, 2.05) is 0 Å². The fraction of sp³-hybridized carbons (Fsp3) is 0.154. The lowest BCUT2D eigenvalue weighted by Crippen LogP contribution is -2.20. The van der Waals surface area contributed by atoms with Crippen LogP contribution in [-0.4, -0.2) is 33.8 Å². The Morgan fingerprint density at radius 3 is 2.31 bits per heavy atom. The van der Waals surface area contributed by atoms with E-state index in [0.717, 1.165) is 0 Å². The summed E-state index contributed by atoms with van der Waals surface area (Å²) >= 11 is 12.0. The van der Waals surface area contributed by atoms with Crippen LogP contribution in [0, 0.1) is 0 Å². The van der Waals surface area contributed by atoms with Crippen LogP contribution in [0.2, 0.25) is 10.0 Å². The van der Waals surface area contributed by atoms with Crippen LogP contribution in [0.15, 0.2) is 63.8 Å². The number of fused-ring (bicyclic) bond motifs is 1. The van der Waals surface area contributed by atoms with Gasteiger partial charge >= 0.3 is 0 Å². The van der Waals surface area contributed by atoms with Gasteiger partial charge in [-0.2, -0.15) is 0 Å². The Bertz CT molecular complexity index is 1470. The zero-order chi connectivity index (χ0) is 25.8. The maximum absolute atomic E-state index is 12.9. The first-order valence-electron chi connectivity index (χ1n) is 10.6. The van der Waals surface area contributed by atoms with Crippen molar-refractivity contribution < 1.29 is 28.2 Å². The minimum Gasteiger partial charge on any atom is -0.493 e. The van der Waals surface area contributed by atoms with Crippen LogP contribution < -0.4 is 29.7 Å². The first kappa shape index (κ1) is 25.2. The van der Waals surface area contributed by atoms with Crippen LogP contribution in [0.4, 0.5) is 5.69 Å². The van der Waals surface area contributed by atoms with Crippen LogP contribution in [-0.2, 0) is 4.79 Å². The molecule has 8 nitrogen and oxygen atoms in total. The van der Waals surface area contributed by atoms with Crippen molar-refractivity contribution in [2.75, 3.05) is 33.3 Å².